The Hall–Kier alpha value is -0.570. The van der Waals surface area contributed by atoms with E-state index in [9.17, 15) is 5.11 Å². The van der Waals surface area contributed by atoms with Gasteiger partial charge in [0, 0.05) is 17.1 Å². The Kier molecular flexibility index (Phi) is 4.66. The molecule has 0 amide bonds. The number of hydrogen-bond donors (Lipinski definition) is 1. The summed E-state index contributed by atoms with van der Waals surface area (Å²) in [6.45, 7) is 2.22. The molecule has 1 N–H and O–H groups in total. The number of halogens is 1. The third-order valence-corrected chi connectivity index (χ3v) is 4.42. The molecule has 0 aliphatic heterocycles. The summed E-state index contributed by atoms with van der Waals surface area (Å²) in [6, 6.07) is 9.03. The molecule has 2 rings (SSSR count). The minimum Gasteiger partial charge on any atom is -0.393 e. The normalized spacial score (nSPS) is 26.3. The maximum absolute atomic E-state index is 9.56. The molecule has 1 aliphatic rings. The highest BCUT2D eigenvalue weighted by molar-refractivity contribution is 6.30. The Morgan fingerprint density at radius 3 is 2.56 bits per heavy atom. The summed E-state index contributed by atoms with van der Waals surface area (Å²) in [5.74, 6) is 0. The molecule has 0 aromatic heterocycles. The van der Waals surface area contributed by atoms with E-state index in [1.165, 1.54) is 5.56 Å². The van der Waals surface area contributed by atoms with Crippen LogP contribution in [-0.4, -0.2) is 29.2 Å². The van der Waals surface area contributed by atoms with Crippen LogP contribution in [0.5, 0.6) is 0 Å². The van der Waals surface area contributed by atoms with Gasteiger partial charge in [-0.25, -0.2) is 0 Å². The van der Waals surface area contributed by atoms with Crippen molar-refractivity contribution >= 4 is 11.6 Å². The van der Waals surface area contributed by atoms with Gasteiger partial charge >= 0.3 is 0 Å². The summed E-state index contributed by atoms with van der Waals surface area (Å²) in [7, 11) is 2.17. The molecule has 0 bridgehead atoms. The van der Waals surface area contributed by atoms with E-state index in [4.69, 9.17) is 11.6 Å². The molecule has 18 heavy (non-hydrogen) atoms. The lowest BCUT2D eigenvalue weighted by Crippen LogP contribution is -2.37. The zero-order valence-corrected chi connectivity index (χ0v) is 11.9. The van der Waals surface area contributed by atoms with Gasteiger partial charge < -0.3 is 5.11 Å². The van der Waals surface area contributed by atoms with Crippen molar-refractivity contribution in [1.29, 1.82) is 0 Å². The molecule has 1 aromatic carbocycles. The van der Waals surface area contributed by atoms with Gasteiger partial charge in [0.05, 0.1) is 6.10 Å². The van der Waals surface area contributed by atoms with E-state index < -0.39 is 0 Å². The van der Waals surface area contributed by atoms with Gasteiger partial charge in [-0.05, 0) is 57.4 Å². The molecule has 1 atom stereocenters. The van der Waals surface area contributed by atoms with E-state index in [2.05, 4.69) is 24.9 Å². The van der Waals surface area contributed by atoms with E-state index in [0.29, 0.717) is 12.1 Å². The number of benzene rings is 1. The average molecular weight is 268 g/mol. The van der Waals surface area contributed by atoms with Crippen molar-refractivity contribution in [3.8, 4) is 0 Å². The van der Waals surface area contributed by atoms with Gasteiger partial charge in [0.1, 0.15) is 0 Å². The summed E-state index contributed by atoms with van der Waals surface area (Å²) < 4.78 is 0. The maximum atomic E-state index is 9.56. The van der Waals surface area contributed by atoms with Crippen molar-refractivity contribution in [2.24, 2.45) is 0 Å². The van der Waals surface area contributed by atoms with E-state index in [-0.39, 0.29) is 6.10 Å². The Morgan fingerprint density at radius 2 is 1.94 bits per heavy atom. The fourth-order valence-electron chi connectivity index (χ4n) is 2.78. The molecule has 0 radical (unpaired) electrons. The van der Waals surface area contributed by atoms with E-state index >= 15 is 0 Å². The van der Waals surface area contributed by atoms with Crippen LogP contribution in [0.15, 0.2) is 24.3 Å². The van der Waals surface area contributed by atoms with E-state index in [0.717, 1.165) is 30.7 Å². The van der Waals surface area contributed by atoms with Crippen LogP contribution >= 0.6 is 11.6 Å². The highest BCUT2D eigenvalue weighted by Crippen LogP contribution is 2.29. The molecule has 100 valence electrons. The van der Waals surface area contributed by atoms with Crippen molar-refractivity contribution in [1.82, 2.24) is 4.90 Å². The summed E-state index contributed by atoms with van der Waals surface area (Å²) in [6.07, 6.45) is 3.94. The van der Waals surface area contributed by atoms with Crippen LogP contribution in [0.25, 0.3) is 0 Å². The topological polar surface area (TPSA) is 23.5 Å². The van der Waals surface area contributed by atoms with Gasteiger partial charge in [0.2, 0.25) is 0 Å². The van der Waals surface area contributed by atoms with Gasteiger partial charge in [-0.1, -0.05) is 23.7 Å². The Balaban J connectivity index is 2.02. The summed E-state index contributed by atoms with van der Waals surface area (Å²) in [5, 5.41) is 10.4. The fraction of sp³-hybridized carbons (Fsp3) is 0.600. The van der Waals surface area contributed by atoms with Gasteiger partial charge in [-0.15, -0.1) is 0 Å². The number of aliphatic hydroxyl groups is 1. The third-order valence-electron chi connectivity index (χ3n) is 4.18. The van der Waals surface area contributed by atoms with Crippen LogP contribution in [0.1, 0.15) is 44.2 Å². The molecule has 1 fully saturated rings. The Morgan fingerprint density at radius 1 is 1.28 bits per heavy atom. The molecule has 0 heterocycles. The SMILES string of the molecule is CC(c1cccc(Cl)c1)N(C)C1CCC(O)CC1. The lowest BCUT2D eigenvalue weighted by molar-refractivity contribution is 0.0699. The molecule has 0 spiro atoms. The number of aliphatic hydroxyl groups excluding tert-OH is 1. The van der Waals surface area contributed by atoms with E-state index in [1.807, 2.05) is 18.2 Å². The highest BCUT2D eigenvalue weighted by Gasteiger charge is 2.25. The lowest BCUT2D eigenvalue weighted by Gasteiger charge is -2.37. The first kappa shape index (κ1) is 13.9. The van der Waals surface area contributed by atoms with Crippen LogP contribution in [-0.2, 0) is 0 Å². The molecule has 1 unspecified atom stereocenters. The summed E-state index contributed by atoms with van der Waals surface area (Å²) >= 11 is 6.05. The van der Waals surface area contributed by atoms with Crippen molar-refractivity contribution in [3.05, 3.63) is 34.9 Å². The minimum absolute atomic E-state index is 0.0869. The Bertz CT molecular complexity index is 388. The van der Waals surface area contributed by atoms with Crippen LogP contribution < -0.4 is 0 Å². The second-order valence-electron chi connectivity index (χ2n) is 5.36. The molecular formula is C15H22ClNO. The number of nitrogens with zero attached hydrogens (tertiary/aromatic N) is 1. The second-order valence-corrected chi connectivity index (χ2v) is 5.80. The van der Waals surface area contributed by atoms with Gasteiger partial charge in [-0.3, -0.25) is 4.90 Å². The molecule has 1 saturated carbocycles. The van der Waals surface area contributed by atoms with Crippen molar-refractivity contribution < 1.29 is 5.11 Å². The third kappa shape index (κ3) is 3.25. The van der Waals surface area contributed by atoms with Crippen LogP contribution in [0.2, 0.25) is 5.02 Å². The largest absolute Gasteiger partial charge is 0.393 e. The Labute approximate surface area is 115 Å². The van der Waals surface area contributed by atoms with Crippen LogP contribution in [0, 0.1) is 0 Å². The smallest absolute Gasteiger partial charge is 0.0541 e. The maximum Gasteiger partial charge on any atom is 0.0541 e. The summed E-state index contributed by atoms with van der Waals surface area (Å²) in [4.78, 5) is 2.41. The first-order chi connectivity index (χ1) is 8.58. The molecule has 3 heteroatoms. The quantitative estimate of drug-likeness (QED) is 0.904. The monoisotopic (exact) mass is 267 g/mol. The molecule has 1 aliphatic carbocycles. The van der Waals surface area contributed by atoms with Crippen molar-refractivity contribution in [2.45, 2.75) is 50.8 Å². The molecular weight excluding hydrogens is 246 g/mol. The fourth-order valence-corrected chi connectivity index (χ4v) is 2.98. The number of hydrogen-bond acceptors (Lipinski definition) is 2. The predicted octanol–water partition coefficient (Wildman–Crippen LogP) is 3.64. The molecule has 0 saturated heterocycles. The summed E-state index contributed by atoms with van der Waals surface area (Å²) in [5.41, 5.74) is 1.26. The minimum atomic E-state index is -0.0869. The first-order valence-corrected chi connectivity index (χ1v) is 7.11. The highest BCUT2D eigenvalue weighted by atomic mass is 35.5. The van der Waals surface area contributed by atoms with Gasteiger partial charge in [0.25, 0.3) is 0 Å². The van der Waals surface area contributed by atoms with Gasteiger partial charge in [-0.2, -0.15) is 0 Å². The second kappa shape index (κ2) is 6.05. The predicted molar refractivity (Wildman–Crippen MR) is 75.9 cm³/mol. The zero-order chi connectivity index (χ0) is 13.1. The number of rotatable bonds is 3. The van der Waals surface area contributed by atoms with Crippen LogP contribution in [0.3, 0.4) is 0 Å². The van der Waals surface area contributed by atoms with Gasteiger partial charge in [0.15, 0.2) is 0 Å². The van der Waals surface area contributed by atoms with Crippen LogP contribution in [0.4, 0.5) is 0 Å². The van der Waals surface area contributed by atoms with Crippen molar-refractivity contribution in [2.75, 3.05) is 7.05 Å². The average Bonchev–Trinajstić information content (AvgIpc) is 2.38. The molecule has 2 nitrogen and oxygen atoms in total. The first-order valence-electron chi connectivity index (χ1n) is 6.73. The van der Waals surface area contributed by atoms with E-state index in [1.54, 1.807) is 0 Å². The standard InChI is InChI=1S/C15H22ClNO/c1-11(12-4-3-5-13(16)10-12)17(2)14-6-8-15(18)9-7-14/h3-5,10-11,14-15,18H,6-9H2,1-2H3. The van der Waals surface area contributed by atoms with Crippen molar-refractivity contribution in [3.63, 3.8) is 0 Å². The lowest BCUT2D eigenvalue weighted by atomic mass is 9.91. The molecule has 1 aromatic rings. The zero-order valence-electron chi connectivity index (χ0n) is 11.1.